The van der Waals surface area contributed by atoms with Crippen LogP contribution in [0.4, 0.5) is 0 Å². The second-order valence-corrected chi connectivity index (χ2v) is 6.89. The molecule has 1 unspecified atom stereocenters. The van der Waals surface area contributed by atoms with Gasteiger partial charge in [-0.1, -0.05) is 15.9 Å². The molecule has 0 bridgehead atoms. The zero-order valence-corrected chi connectivity index (χ0v) is 16.4. The van der Waals surface area contributed by atoms with Gasteiger partial charge in [0.2, 0.25) is 0 Å². The van der Waals surface area contributed by atoms with Crippen molar-refractivity contribution in [1.82, 2.24) is 24.9 Å². The molecule has 0 spiro atoms. The summed E-state index contributed by atoms with van der Waals surface area (Å²) in [5, 5.41) is 11.4. The number of aromatic nitrogens is 4. The average Bonchev–Trinajstić information content (AvgIpc) is 3.22. The molecule has 0 radical (unpaired) electrons. The maximum atomic E-state index is 12.4. The van der Waals surface area contributed by atoms with Crippen LogP contribution in [-0.2, 0) is 13.8 Å². The van der Waals surface area contributed by atoms with Crippen LogP contribution in [0, 0.1) is 6.92 Å². The number of halogens is 1. The lowest BCUT2D eigenvalue weighted by Gasteiger charge is -2.12. The van der Waals surface area contributed by atoms with E-state index in [9.17, 15) is 4.79 Å². The number of carbonyl (C=O) groups excluding carboxylic acids is 1. The maximum Gasteiger partial charge on any atom is 0.272 e. The Balaban J connectivity index is 1.59. The predicted molar refractivity (Wildman–Crippen MR) is 101 cm³/mol. The first-order valence-corrected chi connectivity index (χ1v) is 8.94. The lowest BCUT2D eigenvalue weighted by molar-refractivity contribution is 0.0932. The van der Waals surface area contributed by atoms with Gasteiger partial charge >= 0.3 is 0 Å². The van der Waals surface area contributed by atoms with Crippen molar-refractivity contribution in [3.63, 3.8) is 0 Å². The highest BCUT2D eigenvalue weighted by molar-refractivity contribution is 9.10. The van der Waals surface area contributed by atoms with Gasteiger partial charge in [0, 0.05) is 29.0 Å². The van der Waals surface area contributed by atoms with Crippen molar-refractivity contribution < 1.29 is 9.53 Å². The predicted octanol–water partition coefficient (Wildman–Crippen LogP) is 3.22. The van der Waals surface area contributed by atoms with Gasteiger partial charge in [-0.15, -0.1) is 0 Å². The summed E-state index contributed by atoms with van der Waals surface area (Å²) in [4.78, 5) is 12.4. The molecule has 1 N–H and O–H groups in total. The number of carbonyl (C=O) groups is 1. The van der Waals surface area contributed by atoms with E-state index >= 15 is 0 Å². The number of aryl methyl sites for hydroxylation is 1. The second-order valence-electron chi connectivity index (χ2n) is 5.97. The van der Waals surface area contributed by atoms with Crippen LogP contribution in [0.1, 0.15) is 34.7 Å². The Morgan fingerprint density at radius 1 is 1.31 bits per heavy atom. The number of ether oxygens (including phenoxy) is 1. The minimum Gasteiger partial charge on any atom is -0.471 e. The zero-order valence-electron chi connectivity index (χ0n) is 14.8. The fraction of sp³-hybridized carbons (Fsp3) is 0.278. The van der Waals surface area contributed by atoms with Crippen molar-refractivity contribution >= 4 is 21.8 Å². The van der Waals surface area contributed by atoms with Gasteiger partial charge in [-0.3, -0.25) is 9.48 Å². The third-order valence-corrected chi connectivity index (χ3v) is 4.67. The average molecular weight is 418 g/mol. The summed E-state index contributed by atoms with van der Waals surface area (Å²) in [6.07, 6.45) is 3.48. The molecule has 2 heterocycles. The van der Waals surface area contributed by atoms with E-state index in [2.05, 4.69) is 31.4 Å². The molecular weight excluding hydrogens is 398 g/mol. The summed E-state index contributed by atoms with van der Waals surface area (Å²) in [5.74, 6) is 0.499. The molecule has 136 valence electrons. The number of amides is 1. The molecule has 1 atom stereocenters. The van der Waals surface area contributed by atoms with Crippen molar-refractivity contribution in [2.24, 2.45) is 7.05 Å². The van der Waals surface area contributed by atoms with Gasteiger partial charge in [0.15, 0.2) is 6.73 Å². The van der Waals surface area contributed by atoms with Crippen LogP contribution >= 0.6 is 15.9 Å². The molecule has 0 saturated carbocycles. The van der Waals surface area contributed by atoms with Gasteiger partial charge in [0.25, 0.3) is 5.91 Å². The molecular formula is C18H20BrN5O2. The molecule has 0 aliphatic carbocycles. The summed E-state index contributed by atoms with van der Waals surface area (Å²) in [7, 11) is 1.88. The molecule has 0 fully saturated rings. The zero-order chi connectivity index (χ0) is 18.7. The maximum absolute atomic E-state index is 12.4. The third kappa shape index (κ3) is 4.13. The van der Waals surface area contributed by atoms with Crippen LogP contribution in [0.2, 0.25) is 0 Å². The van der Waals surface area contributed by atoms with Crippen molar-refractivity contribution in [3.8, 4) is 5.75 Å². The largest absolute Gasteiger partial charge is 0.471 e. The molecule has 3 aromatic rings. The first kappa shape index (κ1) is 18.2. The van der Waals surface area contributed by atoms with Crippen LogP contribution in [0.3, 0.4) is 0 Å². The van der Waals surface area contributed by atoms with Gasteiger partial charge in [-0.25, -0.2) is 4.68 Å². The van der Waals surface area contributed by atoms with Crippen LogP contribution in [0.25, 0.3) is 0 Å². The first-order valence-electron chi connectivity index (χ1n) is 8.15. The van der Waals surface area contributed by atoms with E-state index in [-0.39, 0.29) is 18.7 Å². The Morgan fingerprint density at radius 2 is 2.04 bits per heavy atom. The number of benzene rings is 1. The summed E-state index contributed by atoms with van der Waals surface area (Å²) in [5.41, 5.74) is 2.35. The highest BCUT2D eigenvalue weighted by Crippen LogP contribution is 2.17. The molecule has 0 aliphatic heterocycles. The molecule has 0 aliphatic rings. The number of hydrogen-bond acceptors (Lipinski definition) is 4. The Morgan fingerprint density at radius 3 is 2.69 bits per heavy atom. The van der Waals surface area contributed by atoms with E-state index < -0.39 is 0 Å². The summed E-state index contributed by atoms with van der Waals surface area (Å²) in [6, 6.07) is 9.04. The summed E-state index contributed by atoms with van der Waals surface area (Å²) >= 11 is 3.38. The summed E-state index contributed by atoms with van der Waals surface area (Å²) < 4.78 is 10.00. The van der Waals surface area contributed by atoms with E-state index in [0.717, 1.165) is 21.5 Å². The minimum absolute atomic E-state index is 0.152. The monoisotopic (exact) mass is 417 g/mol. The van der Waals surface area contributed by atoms with Gasteiger partial charge in [-0.05, 0) is 44.2 Å². The van der Waals surface area contributed by atoms with Gasteiger partial charge in [-0.2, -0.15) is 10.2 Å². The lowest BCUT2D eigenvalue weighted by Crippen LogP contribution is -2.27. The van der Waals surface area contributed by atoms with E-state index in [4.69, 9.17) is 4.74 Å². The van der Waals surface area contributed by atoms with Crippen LogP contribution in [-0.4, -0.2) is 25.5 Å². The molecule has 1 aromatic carbocycles. The van der Waals surface area contributed by atoms with Gasteiger partial charge in [0.1, 0.15) is 11.4 Å². The fourth-order valence-corrected chi connectivity index (χ4v) is 2.78. The Kier molecular flexibility index (Phi) is 5.41. The SMILES string of the molecule is Cc1c(C(C)NC(=O)c2ccn(COc3ccc(Br)cc3)n2)cnn1C. The third-order valence-electron chi connectivity index (χ3n) is 4.14. The first-order chi connectivity index (χ1) is 12.4. The molecule has 3 rings (SSSR count). The molecule has 0 saturated heterocycles. The molecule has 1 amide bonds. The van der Waals surface area contributed by atoms with E-state index in [0.29, 0.717) is 5.69 Å². The smallest absolute Gasteiger partial charge is 0.272 e. The van der Waals surface area contributed by atoms with Crippen LogP contribution in [0.15, 0.2) is 47.2 Å². The number of rotatable bonds is 6. The Hall–Kier alpha value is -2.61. The highest BCUT2D eigenvalue weighted by atomic mass is 79.9. The topological polar surface area (TPSA) is 74.0 Å². The number of nitrogens with one attached hydrogen (secondary N) is 1. The van der Waals surface area contributed by atoms with Crippen molar-refractivity contribution in [2.75, 3.05) is 0 Å². The Bertz CT molecular complexity index is 901. The van der Waals surface area contributed by atoms with Crippen molar-refractivity contribution in [2.45, 2.75) is 26.6 Å². The number of nitrogens with zero attached hydrogens (tertiary/aromatic N) is 4. The molecule has 26 heavy (non-hydrogen) atoms. The normalized spacial score (nSPS) is 12.0. The summed E-state index contributed by atoms with van der Waals surface area (Å²) in [6.45, 7) is 4.13. The van der Waals surface area contributed by atoms with E-state index in [1.165, 1.54) is 0 Å². The molecule has 8 heteroatoms. The van der Waals surface area contributed by atoms with Gasteiger partial charge in [0.05, 0.1) is 12.2 Å². The minimum atomic E-state index is -0.233. The molecule has 7 nitrogen and oxygen atoms in total. The standard InChI is InChI=1S/C18H20BrN5O2/c1-12(16-10-20-23(3)13(16)2)21-18(25)17-8-9-24(22-17)11-26-15-6-4-14(19)5-7-15/h4-10,12H,11H2,1-3H3,(H,21,25). The Labute approximate surface area is 160 Å². The fourth-order valence-electron chi connectivity index (χ4n) is 2.52. The van der Waals surface area contributed by atoms with Crippen LogP contribution in [0.5, 0.6) is 5.75 Å². The van der Waals surface area contributed by atoms with Gasteiger partial charge < -0.3 is 10.1 Å². The highest BCUT2D eigenvalue weighted by Gasteiger charge is 2.17. The van der Waals surface area contributed by atoms with Crippen molar-refractivity contribution in [1.29, 1.82) is 0 Å². The van der Waals surface area contributed by atoms with Crippen LogP contribution < -0.4 is 10.1 Å². The van der Waals surface area contributed by atoms with Crippen molar-refractivity contribution in [3.05, 3.63) is 64.1 Å². The number of hydrogen-bond donors (Lipinski definition) is 1. The quantitative estimate of drug-likeness (QED) is 0.667. The lowest BCUT2D eigenvalue weighted by atomic mass is 10.1. The van der Waals surface area contributed by atoms with E-state index in [1.54, 1.807) is 27.8 Å². The second kappa shape index (κ2) is 7.74. The molecule has 2 aromatic heterocycles. The van der Waals surface area contributed by atoms with E-state index in [1.807, 2.05) is 45.2 Å².